The number of aryl methyl sites for hydroxylation is 2. The molecule has 0 atom stereocenters. The highest BCUT2D eigenvalue weighted by molar-refractivity contribution is 7.89. The first-order valence-corrected chi connectivity index (χ1v) is 12.0. The molecule has 1 aliphatic rings. The molecule has 10 nitrogen and oxygen atoms in total. The Morgan fingerprint density at radius 3 is 2.55 bits per heavy atom. The van der Waals surface area contributed by atoms with Crippen LogP contribution in [0.1, 0.15) is 36.3 Å². The Labute approximate surface area is 188 Å². The first kappa shape index (κ1) is 23.3. The van der Waals surface area contributed by atoms with Gasteiger partial charge in [-0.05, 0) is 43.9 Å². The number of ether oxygens (including phenoxy) is 1. The maximum absolute atomic E-state index is 14.2. The predicted molar refractivity (Wildman–Crippen MR) is 118 cm³/mol. The summed E-state index contributed by atoms with van der Waals surface area (Å²) in [5, 5.41) is 9.20. The van der Waals surface area contributed by atoms with Gasteiger partial charge in [0.05, 0.1) is 34.7 Å². The number of hydrogen-bond donors (Lipinski definition) is 1. The number of primary sulfonamides is 1. The Morgan fingerprint density at radius 2 is 2.00 bits per heavy atom. The molecule has 178 valence electrons. The van der Waals surface area contributed by atoms with Crippen molar-refractivity contribution in [3.05, 3.63) is 56.1 Å². The molecule has 1 saturated carbocycles. The van der Waals surface area contributed by atoms with E-state index in [2.05, 4.69) is 5.16 Å². The van der Waals surface area contributed by atoms with Crippen LogP contribution in [0.25, 0.3) is 10.9 Å². The third kappa shape index (κ3) is 4.13. The third-order valence-electron chi connectivity index (χ3n) is 6.02. The zero-order chi connectivity index (χ0) is 24.0. The molecule has 2 aromatic heterocycles. The molecule has 4 rings (SSSR count). The van der Waals surface area contributed by atoms with Crippen LogP contribution in [0, 0.1) is 6.92 Å². The van der Waals surface area contributed by atoms with E-state index in [-0.39, 0.29) is 40.2 Å². The highest BCUT2D eigenvalue weighted by atomic mass is 32.2. The second-order valence-electron chi connectivity index (χ2n) is 8.40. The molecule has 0 aliphatic heterocycles. The average molecular weight is 481 g/mol. The Hall–Kier alpha value is -2.83. The van der Waals surface area contributed by atoms with Crippen LogP contribution in [-0.4, -0.2) is 43.1 Å². The molecule has 2 N–H and O–H groups in total. The van der Waals surface area contributed by atoms with Gasteiger partial charge >= 0.3 is 5.69 Å². The van der Waals surface area contributed by atoms with Crippen molar-refractivity contribution >= 4 is 20.9 Å². The summed E-state index contributed by atoms with van der Waals surface area (Å²) in [4.78, 5) is 26.7. The zero-order valence-corrected chi connectivity index (χ0v) is 19.2. The fourth-order valence-electron chi connectivity index (χ4n) is 4.22. The number of fused-ring (bicyclic) bond motifs is 1. The number of benzene rings is 1. The fourth-order valence-corrected chi connectivity index (χ4v) is 5.08. The van der Waals surface area contributed by atoms with Gasteiger partial charge in [-0.2, -0.15) is 0 Å². The fraction of sp³-hybridized carbons (Fsp3) is 0.476. The summed E-state index contributed by atoms with van der Waals surface area (Å²) in [6.07, 6.45) is 1.20. The molecule has 12 heteroatoms. The van der Waals surface area contributed by atoms with Gasteiger partial charge in [-0.1, -0.05) is 5.16 Å². The molecule has 0 amide bonds. The lowest BCUT2D eigenvalue weighted by Crippen LogP contribution is -2.41. The summed E-state index contributed by atoms with van der Waals surface area (Å²) in [7, 11) is -2.73. The molecule has 0 bridgehead atoms. The number of aromatic nitrogens is 3. The van der Waals surface area contributed by atoms with E-state index in [1.807, 2.05) is 0 Å². The van der Waals surface area contributed by atoms with Gasteiger partial charge < -0.3 is 9.26 Å². The van der Waals surface area contributed by atoms with Crippen LogP contribution < -0.4 is 16.4 Å². The van der Waals surface area contributed by atoms with Gasteiger partial charge in [0, 0.05) is 31.7 Å². The van der Waals surface area contributed by atoms with Gasteiger partial charge in [-0.3, -0.25) is 18.3 Å². The normalized spacial score (nSPS) is 15.3. The van der Waals surface area contributed by atoms with E-state index in [9.17, 15) is 22.4 Å². The van der Waals surface area contributed by atoms with E-state index in [1.54, 1.807) is 13.0 Å². The van der Waals surface area contributed by atoms with E-state index < -0.39 is 33.4 Å². The van der Waals surface area contributed by atoms with Crippen LogP contribution in [0.3, 0.4) is 0 Å². The van der Waals surface area contributed by atoms with Crippen molar-refractivity contribution in [2.24, 2.45) is 5.14 Å². The number of halogens is 1. The minimum absolute atomic E-state index is 0.0232. The third-order valence-corrected chi connectivity index (χ3v) is 6.98. The number of methoxy groups -OCH3 is 1. The Morgan fingerprint density at radius 1 is 1.27 bits per heavy atom. The summed E-state index contributed by atoms with van der Waals surface area (Å²) in [6.45, 7) is 1.22. The SMILES string of the molecule is COCCCn1c(=O)n(Cc2cc(C)no2)c(=O)c2c(C3(CF)CC3)c(S(N)(=O)=O)ccc21. The summed E-state index contributed by atoms with van der Waals surface area (Å²) < 4.78 is 51.5. The number of alkyl halides is 1. The maximum atomic E-state index is 14.2. The second kappa shape index (κ2) is 8.50. The Bertz CT molecular complexity index is 1440. The van der Waals surface area contributed by atoms with Crippen molar-refractivity contribution in [1.82, 2.24) is 14.3 Å². The first-order valence-electron chi connectivity index (χ1n) is 10.4. The van der Waals surface area contributed by atoms with Crippen molar-refractivity contribution in [2.45, 2.75) is 49.6 Å². The average Bonchev–Trinajstić information content (AvgIpc) is 3.46. The number of hydrogen-bond acceptors (Lipinski definition) is 7. The van der Waals surface area contributed by atoms with Crippen molar-refractivity contribution in [3.8, 4) is 0 Å². The minimum atomic E-state index is -4.26. The van der Waals surface area contributed by atoms with Gasteiger partial charge in [-0.15, -0.1) is 0 Å². The van der Waals surface area contributed by atoms with Gasteiger partial charge in [0.25, 0.3) is 5.56 Å². The molecule has 1 aromatic carbocycles. The molecule has 0 radical (unpaired) electrons. The Kier molecular flexibility index (Phi) is 6.01. The molecule has 1 aliphatic carbocycles. The topological polar surface area (TPSA) is 139 Å². The highest BCUT2D eigenvalue weighted by Gasteiger charge is 2.49. The van der Waals surface area contributed by atoms with Gasteiger partial charge in [-0.25, -0.2) is 18.4 Å². The molecule has 0 saturated heterocycles. The molecule has 2 heterocycles. The number of rotatable bonds is 9. The highest BCUT2D eigenvalue weighted by Crippen LogP contribution is 2.52. The lowest BCUT2D eigenvalue weighted by Gasteiger charge is -2.21. The predicted octanol–water partition coefficient (Wildman–Crippen LogP) is 1.19. The minimum Gasteiger partial charge on any atom is -0.385 e. The van der Waals surface area contributed by atoms with E-state index in [0.29, 0.717) is 31.6 Å². The van der Waals surface area contributed by atoms with Crippen LogP contribution in [0.5, 0.6) is 0 Å². The Balaban J connectivity index is 2.09. The van der Waals surface area contributed by atoms with Crippen LogP contribution in [0.4, 0.5) is 4.39 Å². The maximum Gasteiger partial charge on any atom is 0.331 e. The van der Waals surface area contributed by atoms with E-state index >= 15 is 0 Å². The molecule has 3 aromatic rings. The van der Waals surface area contributed by atoms with E-state index in [4.69, 9.17) is 14.4 Å². The van der Waals surface area contributed by atoms with Gasteiger partial charge in [0.15, 0.2) is 5.76 Å². The number of sulfonamides is 1. The zero-order valence-electron chi connectivity index (χ0n) is 18.3. The monoisotopic (exact) mass is 480 g/mol. The van der Waals surface area contributed by atoms with E-state index in [0.717, 1.165) is 4.57 Å². The summed E-state index contributed by atoms with van der Waals surface area (Å²) in [6, 6.07) is 4.22. The molecular formula is C21H25FN4O6S. The van der Waals surface area contributed by atoms with Crippen LogP contribution in [0.15, 0.2) is 37.2 Å². The van der Waals surface area contributed by atoms with Crippen LogP contribution in [-0.2, 0) is 33.3 Å². The standard InChI is InChI=1S/C21H25FN4O6S/c1-13-10-14(32-24-13)11-26-19(27)17-15(25(20(26)28)8-3-9-31-2)4-5-16(33(23,29)30)18(17)21(12-22)6-7-21/h4-5,10H,3,6-9,11-12H2,1-2H3,(H2,23,29,30). The quantitative estimate of drug-likeness (QED) is 0.454. The van der Waals surface area contributed by atoms with Gasteiger partial charge in [0.1, 0.15) is 0 Å². The molecule has 0 spiro atoms. The molecule has 33 heavy (non-hydrogen) atoms. The molecule has 0 unspecified atom stereocenters. The van der Waals surface area contributed by atoms with Crippen molar-refractivity contribution in [2.75, 3.05) is 20.4 Å². The summed E-state index contributed by atoms with van der Waals surface area (Å²) in [5.74, 6) is 0.283. The molecule has 1 fully saturated rings. The summed E-state index contributed by atoms with van der Waals surface area (Å²) in [5.41, 5.74) is -1.61. The summed E-state index contributed by atoms with van der Waals surface area (Å²) >= 11 is 0. The van der Waals surface area contributed by atoms with Crippen molar-refractivity contribution in [3.63, 3.8) is 0 Å². The second-order valence-corrected chi connectivity index (χ2v) is 9.93. The number of nitrogens with two attached hydrogens (primary N) is 1. The number of nitrogens with zero attached hydrogens (tertiary/aromatic N) is 3. The largest absolute Gasteiger partial charge is 0.385 e. The van der Waals surface area contributed by atoms with Crippen LogP contribution >= 0.6 is 0 Å². The van der Waals surface area contributed by atoms with Crippen molar-refractivity contribution in [1.29, 1.82) is 0 Å². The lowest BCUT2D eigenvalue weighted by atomic mass is 9.93. The first-order chi connectivity index (χ1) is 15.6. The van der Waals surface area contributed by atoms with Crippen LogP contribution in [0.2, 0.25) is 0 Å². The van der Waals surface area contributed by atoms with E-state index in [1.165, 1.54) is 23.8 Å². The smallest absolute Gasteiger partial charge is 0.331 e. The van der Waals surface area contributed by atoms with Crippen molar-refractivity contribution < 1.29 is 22.1 Å². The molecular weight excluding hydrogens is 455 g/mol. The lowest BCUT2D eigenvalue weighted by molar-refractivity contribution is 0.190. The van der Waals surface area contributed by atoms with Gasteiger partial charge in [0.2, 0.25) is 10.0 Å².